The fraction of sp³-hybridized carbons (Fsp3) is 0.909. The Balaban J connectivity index is 2.18. The minimum atomic E-state index is -0.530. The summed E-state index contributed by atoms with van der Waals surface area (Å²) in [6, 6.07) is 0. The van der Waals surface area contributed by atoms with Crippen molar-refractivity contribution in [2.75, 3.05) is 32.7 Å². The van der Waals surface area contributed by atoms with E-state index in [2.05, 4.69) is 17.6 Å². The second-order valence-electron chi connectivity index (χ2n) is 10.6. The van der Waals surface area contributed by atoms with E-state index in [4.69, 9.17) is 9.47 Å². The Kier molecular flexibility index (Phi) is 7.47. The lowest BCUT2D eigenvalue weighted by atomic mass is 9.58. The second kappa shape index (κ2) is 9.11. The topological polar surface area (TPSA) is 79.9 Å². The third kappa shape index (κ3) is 6.49. The largest absolute Gasteiger partial charge is 0.444 e. The number of hydrogen-bond donors (Lipinski definition) is 2. The number of carbonyl (C=O) groups excluding carboxylic acids is 2. The van der Waals surface area contributed by atoms with Gasteiger partial charge in [-0.1, -0.05) is 13.3 Å². The number of nitrogens with zero attached hydrogens (tertiary/aromatic N) is 1. The first-order chi connectivity index (χ1) is 13.4. The van der Waals surface area contributed by atoms with Crippen LogP contribution in [0.25, 0.3) is 0 Å². The fourth-order valence-corrected chi connectivity index (χ4v) is 4.81. The summed E-state index contributed by atoms with van der Waals surface area (Å²) in [4.78, 5) is 26.9. The Labute approximate surface area is 176 Å². The number of ether oxygens (including phenoxy) is 2. The molecule has 7 nitrogen and oxygen atoms in total. The van der Waals surface area contributed by atoms with Crippen LogP contribution in [-0.4, -0.2) is 61.0 Å². The van der Waals surface area contributed by atoms with Gasteiger partial charge >= 0.3 is 12.2 Å². The monoisotopic (exact) mass is 411 g/mol. The number of carbonyl (C=O) groups is 2. The zero-order valence-electron chi connectivity index (χ0n) is 19.4. The van der Waals surface area contributed by atoms with Crippen molar-refractivity contribution >= 4 is 12.2 Å². The molecule has 7 heteroatoms. The molecule has 168 valence electrons. The van der Waals surface area contributed by atoms with E-state index in [0.29, 0.717) is 25.6 Å². The normalized spacial score (nSPS) is 24.9. The summed E-state index contributed by atoms with van der Waals surface area (Å²) in [7, 11) is 0. The molecule has 0 aromatic carbocycles. The molecule has 2 aliphatic rings. The van der Waals surface area contributed by atoms with Gasteiger partial charge in [0, 0.05) is 25.6 Å². The van der Waals surface area contributed by atoms with Gasteiger partial charge in [0.15, 0.2) is 0 Å². The molecule has 2 N–H and O–H groups in total. The predicted octanol–water partition coefficient (Wildman–Crippen LogP) is 3.77. The molecule has 2 saturated heterocycles. The summed E-state index contributed by atoms with van der Waals surface area (Å²) in [5.41, 5.74) is -0.932. The van der Waals surface area contributed by atoms with Crippen LogP contribution in [0.3, 0.4) is 0 Å². The zero-order valence-corrected chi connectivity index (χ0v) is 19.4. The molecule has 0 aromatic heterocycles. The molecule has 2 amide bonds. The lowest BCUT2D eigenvalue weighted by molar-refractivity contribution is -0.0576. The molecule has 2 rings (SSSR count). The Morgan fingerprint density at radius 3 is 2.07 bits per heavy atom. The predicted molar refractivity (Wildman–Crippen MR) is 114 cm³/mol. The van der Waals surface area contributed by atoms with E-state index in [1.165, 1.54) is 0 Å². The van der Waals surface area contributed by atoms with E-state index >= 15 is 0 Å². The summed E-state index contributed by atoms with van der Waals surface area (Å²) in [5, 5.41) is 6.44. The lowest BCUT2D eigenvalue weighted by Crippen LogP contribution is -2.60. The number of piperidine rings is 2. The van der Waals surface area contributed by atoms with Crippen LogP contribution in [0.15, 0.2) is 0 Å². The average Bonchev–Trinajstić information content (AvgIpc) is 2.58. The van der Waals surface area contributed by atoms with E-state index in [1.807, 2.05) is 46.4 Å². The van der Waals surface area contributed by atoms with Crippen molar-refractivity contribution in [3.8, 4) is 0 Å². The summed E-state index contributed by atoms with van der Waals surface area (Å²) < 4.78 is 11.1. The number of likely N-dealkylation sites (tertiary alicyclic amines) is 1. The van der Waals surface area contributed by atoms with Crippen LogP contribution in [0.4, 0.5) is 9.59 Å². The molecule has 0 radical (unpaired) electrons. The van der Waals surface area contributed by atoms with Gasteiger partial charge in [-0.25, -0.2) is 9.59 Å². The Morgan fingerprint density at radius 2 is 1.55 bits per heavy atom. The van der Waals surface area contributed by atoms with Crippen LogP contribution >= 0.6 is 0 Å². The Hall–Kier alpha value is -1.50. The van der Waals surface area contributed by atoms with E-state index in [1.54, 1.807) is 0 Å². The highest BCUT2D eigenvalue weighted by atomic mass is 16.6. The summed E-state index contributed by atoms with van der Waals surface area (Å²) in [5.74, 6) is 0.555. The lowest BCUT2D eigenvalue weighted by Gasteiger charge is -2.55. The third-order valence-corrected chi connectivity index (χ3v) is 6.08. The van der Waals surface area contributed by atoms with Gasteiger partial charge in [0.2, 0.25) is 0 Å². The third-order valence-electron chi connectivity index (χ3n) is 6.08. The van der Waals surface area contributed by atoms with Gasteiger partial charge in [-0.3, -0.25) is 0 Å². The quantitative estimate of drug-likeness (QED) is 0.739. The van der Waals surface area contributed by atoms with Crippen LogP contribution in [0.1, 0.15) is 67.7 Å². The highest BCUT2D eigenvalue weighted by Crippen LogP contribution is 2.49. The van der Waals surface area contributed by atoms with Gasteiger partial charge in [-0.15, -0.1) is 0 Å². The molecule has 2 unspecified atom stereocenters. The molecule has 1 spiro atoms. The van der Waals surface area contributed by atoms with Crippen LogP contribution in [0.5, 0.6) is 0 Å². The van der Waals surface area contributed by atoms with Crippen molar-refractivity contribution in [1.29, 1.82) is 0 Å². The minimum absolute atomic E-state index is 0.119. The molecular weight excluding hydrogens is 370 g/mol. The highest BCUT2D eigenvalue weighted by molar-refractivity contribution is 5.69. The van der Waals surface area contributed by atoms with Gasteiger partial charge in [0.05, 0.1) is 0 Å². The van der Waals surface area contributed by atoms with E-state index < -0.39 is 17.3 Å². The minimum Gasteiger partial charge on any atom is -0.444 e. The van der Waals surface area contributed by atoms with Crippen molar-refractivity contribution in [3.05, 3.63) is 0 Å². The number of hydrogen-bond acceptors (Lipinski definition) is 5. The molecular formula is C22H41N3O4. The van der Waals surface area contributed by atoms with Crippen LogP contribution in [0, 0.1) is 17.3 Å². The van der Waals surface area contributed by atoms with Crippen molar-refractivity contribution in [2.24, 2.45) is 17.3 Å². The number of rotatable bonds is 3. The van der Waals surface area contributed by atoms with Crippen LogP contribution in [0.2, 0.25) is 0 Å². The van der Waals surface area contributed by atoms with Crippen LogP contribution < -0.4 is 10.6 Å². The molecule has 0 aromatic rings. The molecule has 2 heterocycles. The molecule has 0 saturated carbocycles. The van der Waals surface area contributed by atoms with E-state index in [9.17, 15) is 9.59 Å². The molecule has 2 aliphatic heterocycles. The summed E-state index contributed by atoms with van der Waals surface area (Å²) in [6.45, 7) is 17.2. The van der Waals surface area contributed by atoms with Crippen LogP contribution in [-0.2, 0) is 9.47 Å². The Morgan fingerprint density at radius 1 is 1.00 bits per heavy atom. The summed E-state index contributed by atoms with van der Waals surface area (Å²) >= 11 is 0. The first-order valence-corrected chi connectivity index (χ1v) is 11.0. The van der Waals surface area contributed by atoms with E-state index in [-0.39, 0.29) is 17.4 Å². The van der Waals surface area contributed by atoms with Gasteiger partial charge in [-0.2, -0.15) is 0 Å². The molecule has 2 atom stereocenters. The maximum Gasteiger partial charge on any atom is 0.410 e. The standard InChI is InChI=1S/C22H41N3O4/c1-8-16-14-25(19(27)29-21(5,6)7)15-17(22(16)9-11-23-12-10-22)13-24-18(26)28-20(2,3)4/h16-17,23H,8-15H2,1-7H3,(H,24,26). The smallest absolute Gasteiger partial charge is 0.410 e. The van der Waals surface area contributed by atoms with Crippen molar-refractivity contribution in [3.63, 3.8) is 0 Å². The fourth-order valence-electron chi connectivity index (χ4n) is 4.81. The molecule has 29 heavy (non-hydrogen) atoms. The molecule has 0 aliphatic carbocycles. The van der Waals surface area contributed by atoms with Gasteiger partial charge < -0.3 is 25.0 Å². The molecule has 0 bridgehead atoms. The maximum atomic E-state index is 12.8. The van der Waals surface area contributed by atoms with Gasteiger partial charge in [0.1, 0.15) is 11.2 Å². The highest BCUT2D eigenvalue weighted by Gasteiger charge is 2.50. The number of amides is 2. The second-order valence-corrected chi connectivity index (χ2v) is 10.6. The summed E-state index contributed by atoms with van der Waals surface area (Å²) in [6.07, 6.45) is 2.47. The number of alkyl carbamates (subject to hydrolysis) is 1. The van der Waals surface area contributed by atoms with E-state index in [0.717, 1.165) is 32.4 Å². The first-order valence-electron chi connectivity index (χ1n) is 11.0. The van der Waals surface area contributed by atoms with Crippen molar-refractivity contribution < 1.29 is 19.1 Å². The number of nitrogens with one attached hydrogen (secondary N) is 2. The maximum absolute atomic E-state index is 12.8. The Bertz CT molecular complexity index is 574. The average molecular weight is 412 g/mol. The van der Waals surface area contributed by atoms with Gasteiger partial charge in [-0.05, 0) is 78.8 Å². The zero-order chi connectivity index (χ0) is 21.9. The SMILES string of the molecule is CCC1CN(C(=O)OC(C)(C)C)CC(CNC(=O)OC(C)(C)C)C12CCNCC2. The van der Waals surface area contributed by atoms with Crippen molar-refractivity contribution in [1.82, 2.24) is 15.5 Å². The molecule has 2 fully saturated rings. The van der Waals surface area contributed by atoms with Gasteiger partial charge in [0.25, 0.3) is 0 Å². The first kappa shape index (κ1) is 23.8. The van der Waals surface area contributed by atoms with Crippen molar-refractivity contribution in [2.45, 2.75) is 78.9 Å².